The van der Waals surface area contributed by atoms with E-state index in [2.05, 4.69) is 10.2 Å². The molecule has 0 spiro atoms. The van der Waals surface area contributed by atoms with E-state index in [1.807, 2.05) is 0 Å². The SMILES string of the molecule is O=C(NC1CCN(C2CC2)C1)c1ccc(S(=O)(=O)N2CCOCC2)cc1. The minimum Gasteiger partial charge on any atom is -0.379 e. The van der Waals surface area contributed by atoms with Gasteiger partial charge in [0.05, 0.1) is 18.1 Å². The van der Waals surface area contributed by atoms with Crippen molar-refractivity contribution in [3.63, 3.8) is 0 Å². The van der Waals surface area contributed by atoms with Crippen LogP contribution in [0.4, 0.5) is 0 Å². The second kappa shape index (κ2) is 7.26. The molecule has 1 N–H and O–H groups in total. The summed E-state index contributed by atoms with van der Waals surface area (Å²) in [6, 6.07) is 7.13. The summed E-state index contributed by atoms with van der Waals surface area (Å²) < 4.78 is 31.9. The summed E-state index contributed by atoms with van der Waals surface area (Å²) in [7, 11) is -3.52. The van der Waals surface area contributed by atoms with Gasteiger partial charge in [-0.05, 0) is 43.5 Å². The van der Waals surface area contributed by atoms with Crippen LogP contribution in [0.25, 0.3) is 0 Å². The summed E-state index contributed by atoms with van der Waals surface area (Å²) >= 11 is 0. The van der Waals surface area contributed by atoms with Crippen LogP contribution in [-0.4, -0.2) is 75.0 Å². The Morgan fingerprint density at radius 1 is 1.04 bits per heavy atom. The van der Waals surface area contributed by atoms with Crippen LogP contribution in [0.5, 0.6) is 0 Å². The van der Waals surface area contributed by atoms with E-state index in [0.29, 0.717) is 31.9 Å². The molecule has 2 heterocycles. The minimum atomic E-state index is -3.52. The summed E-state index contributed by atoms with van der Waals surface area (Å²) in [5.74, 6) is -0.136. The molecule has 4 rings (SSSR count). The van der Waals surface area contributed by atoms with Crippen LogP contribution in [-0.2, 0) is 14.8 Å². The van der Waals surface area contributed by atoms with Gasteiger partial charge in [-0.2, -0.15) is 4.31 Å². The van der Waals surface area contributed by atoms with E-state index in [0.717, 1.165) is 25.6 Å². The average molecular weight is 379 g/mol. The van der Waals surface area contributed by atoms with E-state index in [1.54, 1.807) is 12.1 Å². The number of nitrogens with one attached hydrogen (secondary N) is 1. The van der Waals surface area contributed by atoms with Gasteiger partial charge in [-0.3, -0.25) is 9.69 Å². The summed E-state index contributed by atoms with van der Waals surface area (Å²) in [5.41, 5.74) is 0.496. The smallest absolute Gasteiger partial charge is 0.251 e. The second-order valence-electron chi connectivity index (χ2n) is 7.23. The van der Waals surface area contributed by atoms with Crippen molar-refractivity contribution in [3.8, 4) is 0 Å². The highest BCUT2D eigenvalue weighted by atomic mass is 32.2. The predicted molar refractivity (Wildman–Crippen MR) is 96.5 cm³/mol. The molecule has 1 amide bonds. The van der Waals surface area contributed by atoms with Gasteiger partial charge in [-0.1, -0.05) is 0 Å². The molecular formula is C18H25N3O4S. The van der Waals surface area contributed by atoms with Gasteiger partial charge in [0.25, 0.3) is 5.91 Å². The van der Waals surface area contributed by atoms with Crippen molar-refractivity contribution < 1.29 is 17.9 Å². The number of ether oxygens (including phenoxy) is 1. The number of amides is 1. The molecule has 7 nitrogen and oxygen atoms in total. The zero-order valence-corrected chi connectivity index (χ0v) is 15.6. The van der Waals surface area contributed by atoms with E-state index < -0.39 is 10.0 Å². The first kappa shape index (κ1) is 17.9. The fourth-order valence-electron chi connectivity index (χ4n) is 3.66. The molecule has 0 aromatic heterocycles. The first-order valence-corrected chi connectivity index (χ1v) is 10.7. The highest BCUT2D eigenvalue weighted by Crippen LogP contribution is 2.29. The lowest BCUT2D eigenvalue weighted by Gasteiger charge is -2.26. The van der Waals surface area contributed by atoms with Crippen LogP contribution < -0.4 is 5.32 Å². The third kappa shape index (κ3) is 3.78. The maximum absolute atomic E-state index is 12.6. The van der Waals surface area contributed by atoms with Gasteiger partial charge in [-0.15, -0.1) is 0 Å². The molecule has 1 aromatic carbocycles. The van der Waals surface area contributed by atoms with Crippen LogP contribution in [0.15, 0.2) is 29.2 Å². The van der Waals surface area contributed by atoms with E-state index >= 15 is 0 Å². The van der Waals surface area contributed by atoms with Crippen LogP contribution in [0.3, 0.4) is 0 Å². The highest BCUT2D eigenvalue weighted by molar-refractivity contribution is 7.89. The quantitative estimate of drug-likeness (QED) is 0.814. The van der Waals surface area contributed by atoms with Crippen molar-refractivity contribution >= 4 is 15.9 Å². The number of nitrogens with zero attached hydrogens (tertiary/aromatic N) is 2. The van der Waals surface area contributed by atoms with Gasteiger partial charge >= 0.3 is 0 Å². The maximum atomic E-state index is 12.6. The number of benzene rings is 1. The van der Waals surface area contributed by atoms with Crippen molar-refractivity contribution in [2.45, 2.75) is 36.2 Å². The number of carbonyl (C=O) groups excluding carboxylic acids is 1. The van der Waals surface area contributed by atoms with Crippen molar-refractivity contribution in [1.82, 2.24) is 14.5 Å². The standard InChI is InChI=1S/C18H25N3O4S/c22-18(19-15-7-8-20(13-15)16-3-4-16)14-1-5-17(6-2-14)26(23,24)21-9-11-25-12-10-21/h1-2,5-6,15-16H,3-4,7-13H2,(H,19,22). The molecule has 0 bridgehead atoms. The molecule has 3 aliphatic rings. The van der Waals surface area contributed by atoms with Crippen LogP contribution in [0.2, 0.25) is 0 Å². The number of rotatable bonds is 5. The molecule has 1 aliphatic carbocycles. The van der Waals surface area contributed by atoms with E-state index in [4.69, 9.17) is 4.74 Å². The summed E-state index contributed by atoms with van der Waals surface area (Å²) in [4.78, 5) is 15.1. The number of hydrogen-bond acceptors (Lipinski definition) is 5. The Kier molecular flexibility index (Phi) is 5.00. The highest BCUT2D eigenvalue weighted by Gasteiger charge is 2.35. The van der Waals surface area contributed by atoms with E-state index in [9.17, 15) is 13.2 Å². The maximum Gasteiger partial charge on any atom is 0.251 e. The molecule has 26 heavy (non-hydrogen) atoms. The fraction of sp³-hybridized carbons (Fsp3) is 0.611. The molecule has 2 saturated heterocycles. The van der Waals surface area contributed by atoms with Gasteiger partial charge in [0.1, 0.15) is 0 Å². The zero-order chi connectivity index (χ0) is 18.1. The summed E-state index contributed by atoms with van der Waals surface area (Å²) in [6.07, 6.45) is 3.53. The molecule has 1 unspecified atom stereocenters. The van der Waals surface area contributed by atoms with Crippen LogP contribution in [0, 0.1) is 0 Å². The Hall–Kier alpha value is -1.48. The molecule has 0 radical (unpaired) electrons. The van der Waals surface area contributed by atoms with Gasteiger partial charge in [0.2, 0.25) is 10.0 Å². The van der Waals surface area contributed by atoms with Gasteiger partial charge < -0.3 is 10.1 Å². The van der Waals surface area contributed by atoms with E-state index in [-0.39, 0.29) is 16.8 Å². The van der Waals surface area contributed by atoms with Gasteiger partial charge in [-0.25, -0.2) is 8.42 Å². The van der Waals surface area contributed by atoms with Crippen molar-refractivity contribution in [2.24, 2.45) is 0 Å². The third-order valence-corrected chi connectivity index (χ3v) is 7.26. The predicted octanol–water partition coefficient (Wildman–Crippen LogP) is 0.674. The van der Waals surface area contributed by atoms with Crippen molar-refractivity contribution in [2.75, 3.05) is 39.4 Å². The van der Waals surface area contributed by atoms with Crippen LogP contribution >= 0.6 is 0 Å². The van der Waals surface area contributed by atoms with Gasteiger partial charge in [0, 0.05) is 43.8 Å². The van der Waals surface area contributed by atoms with Gasteiger partial charge in [0.15, 0.2) is 0 Å². The fourth-order valence-corrected chi connectivity index (χ4v) is 5.07. The Labute approximate surface area is 154 Å². The molecule has 1 atom stereocenters. The lowest BCUT2D eigenvalue weighted by Crippen LogP contribution is -2.40. The zero-order valence-electron chi connectivity index (χ0n) is 14.8. The Bertz CT molecular complexity index is 755. The first-order chi connectivity index (χ1) is 12.5. The normalized spacial score (nSPS) is 25.3. The molecule has 142 valence electrons. The van der Waals surface area contributed by atoms with Crippen LogP contribution in [0.1, 0.15) is 29.6 Å². The summed E-state index contributed by atoms with van der Waals surface area (Å²) in [6.45, 7) is 3.53. The molecule has 1 aromatic rings. The number of sulfonamides is 1. The first-order valence-electron chi connectivity index (χ1n) is 9.27. The monoisotopic (exact) mass is 379 g/mol. The molecule has 2 aliphatic heterocycles. The molecule has 1 saturated carbocycles. The van der Waals surface area contributed by atoms with E-state index in [1.165, 1.54) is 29.3 Å². The Balaban J connectivity index is 1.38. The topological polar surface area (TPSA) is 79.0 Å². The number of likely N-dealkylation sites (tertiary alicyclic amines) is 1. The Morgan fingerprint density at radius 3 is 2.38 bits per heavy atom. The number of carbonyl (C=O) groups is 1. The average Bonchev–Trinajstić information content (AvgIpc) is 3.42. The number of hydrogen-bond donors (Lipinski definition) is 1. The lowest BCUT2D eigenvalue weighted by atomic mass is 10.2. The summed E-state index contributed by atoms with van der Waals surface area (Å²) in [5, 5.41) is 3.07. The second-order valence-corrected chi connectivity index (χ2v) is 9.16. The number of morpholine rings is 1. The third-order valence-electron chi connectivity index (χ3n) is 5.34. The molecule has 8 heteroatoms. The minimum absolute atomic E-state index is 0.136. The van der Waals surface area contributed by atoms with Crippen molar-refractivity contribution in [3.05, 3.63) is 29.8 Å². The molecular weight excluding hydrogens is 354 g/mol. The lowest BCUT2D eigenvalue weighted by molar-refractivity contribution is 0.0730. The van der Waals surface area contributed by atoms with Crippen molar-refractivity contribution in [1.29, 1.82) is 0 Å². The largest absolute Gasteiger partial charge is 0.379 e. The molecule has 3 fully saturated rings. The Morgan fingerprint density at radius 2 is 1.73 bits per heavy atom.